The summed E-state index contributed by atoms with van der Waals surface area (Å²) in [5.74, 6) is 0. The Morgan fingerprint density at radius 1 is 1.09 bits per heavy atom. The van der Waals surface area contributed by atoms with Gasteiger partial charge in [-0.3, -0.25) is 15.1 Å². The number of hydrogen-bond donors (Lipinski definition) is 3. The minimum Gasteiger partial charge on any atom is -0.351 e. The van der Waals surface area contributed by atoms with Crippen molar-refractivity contribution < 1.29 is 13.2 Å². The molecule has 2 heterocycles. The fourth-order valence-corrected chi connectivity index (χ4v) is 3.42. The van der Waals surface area contributed by atoms with Crippen molar-refractivity contribution in [1.82, 2.24) is 15.6 Å². The third-order valence-electron chi connectivity index (χ3n) is 5.04. The number of nitriles is 1. The number of nitrogens with zero attached hydrogens (tertiary/aromatic N) is 2. The van der Waals surface area contributed by atoms with Gasteiger partial charge in [0.1, 0.15) is 11.6 Å². The summed E-state index contributed by atoms with van der Waals surface area (Å²) in [4.78, 5) is 19.2. The topological polar surface area (TPSA) is 93.1 Å². The third-order valence-corrected chi connectivity index (χ3v) is 5.04. The normalized spacial score (nSPS) is 15.5. The van der Waals surface area contributed by atoms with Crippen molar-refractivity contribution in [1.29, 1.82) is 5.26 Å². The van der Waals surface area contributed by atoms with Crippen molar-refractivity contribution in [3.63, 3.8) is 0 Å². The zero-order valence-corrected chi connectivity index (χ0v) is 17.1. The highest BCUT2D eigenvalue weighted by atomic mass is 19.4. The van der Waals surface area contributed by atoms with Gasteiger partial charge in [-0.15, -0.1) is 0 Å². The van der Waals surface area contributed by atoms with Crippen molar-refractivity contribution in [2.75, 3.05) is 0 Å². The fourth-order valence-electron chi connectivity index (χ4n) is 3.42. The highest BCUT2D eigenvalue weighted by molar-refractivity contribution is 5.89. The minimum absolute atomic E-state index is 0.153. The lowest BCUT2D eigenvalue weighted by Crippen LogP contribution is -2.41. The zero-order valence-electron chi connectivity index (χ0n) is 17.1. The molecule has 1 aromatic heterocycles. The first-order valence-corrected chi connectivity index (χ1v) is 9.98. The lowest BCUT2D eigenvalue weighted by molar-refractivity contribution is -0.137. The predicted octanol–water partition coefficient (Wildman–Crippen LogP) is 4.02. The first kappa shape index (κ1) is 22.0. The van der Waals surface area contributed by atoms with Gasteiger partial charge in [-0.05, 0) is 35.4 Å². The first-order valence-electron chi connectivity index (χ1n) is 9.98. The quantitative estimate of drug-likeness (QED) is 0.549. The molecule has 0 fully saturated rings. The molecule has 166 valence electrons. The van der Waals surface area contributed by atoms with Crippen molar-refractivity contribution in [2.45, 2.75) is 19.0 Å². The summed E-state index contributed by atoms with van der Waals surface area (Å²) in [6, 6.07) is 17.5. The molecule has 1 unspecified atom stereocenters. The van der Waals surface area contributed by atoms with E-state index in [1.807, 2.05) is 36.4 Å². The van der Waals surface area contributed by atoms with Crippen LogP contribution in [0.4, 0.5) is 13.2 Å². The number of allylic oxidation sites excluding steroid dienone is 1. The van der Waals surface area contributed by atoms with Crippen molar-refractivity contribution in [3.05, 3.63) is 99.3 Å². The average Bonchev–Trinajstić information content (AvgIpc) is 2.83. The number of hydrogen-bond acceptors (Lipinski definition) is 5. The average molecular weight is 449 g/mol. The maximum atomic E-state index is 13.2. The second-order valence-electron chi connectivity index (χ2n) is 7.28. The molecule has 0 spiro atoms. The summed E-state index contributed by atoms with van der Waals surface area (Å²) in [6.07, 6.45) is -1.87. The van der Waals surface area contributed by atoms with Crippen molar-refractivity contribution in [3.8, 4) is 17.3 Å². The standard InChI is InChI=1S/C24H18F3N5O/c25-24(26,27)18-8-4-7-16(11-18)21-19(12-17(13-28)22(33)32-21)20-9-10-29-23(31-20)30-14-15-5-2-1-3-6-15/h1-12,23,30-31H,14H2,(H,32,33). The summed E-state index contributed by atoms with van der Waals surface area (Å²) in [5.41, 5.74) is 0.578. The van der Waals surface area contributed by atoms with Crippen LogP contribution in [0, 0.1) is 11.3 Å². The number of aromatic amines is 1. The summed E-state index contributed by atoms with van der Waals surface area (Å²) in [7, 11) is 0. The van der Waals surface area contributed by atoms with Crippen molar-refractivity contribution in [2.24, 2.45) is 4.99 Å². The van der Waals surface area contributed by atoms with E-state index in [0.29, 0.717) is 17.8 Å². The van der Waals surface area contributed by atoms with E-state index in [2.05, 4.69) is 20.6 Å². The van der Waals surface area contributed by atoms with E-state index < -0.39 is 23.6 Å². The van der Waals surface area contributed by atoms with E-state index >= 15 is 0 Å². The minimum atomic E-state index is -4.54. The molecule has 0 bridgehead atoms. The molecule has 9 heteroatoms. The first-order chi connectivity index (χ1) is 15.8. The van der Waals surface area contributed by atoms with Gasteiger partial charge in [-0.25, -0.2) is 0 Å². The molecule has 0 radical (unpaired) electrons. The molecule has 6 nitrogen and oxygen atoms in total. The van der Waals surface area contributed by atoms with E-state index in [-0.39, 0.29) is 16.8 Å². The van der Waals surface area contributed by atoms with Crippen LogP contribution < -0.4 is 16.2 Å². The van der Waals surface area contributed by atoms with Crippen LogP contribution in [-0.4, -0.2) is 17.5 Å². The Balaban J connectivity index is 1.69. The third kappa shape index (κ3) is 5.02. The lowest BCUT2D eigenvalue weighted by Gasteiger charge is -2.24. The number of alkyl halides is 3. The molecular formula is C24H18F3N5O. The number of rotatable bonds is 5. The second kappa shape index (κ2) is 9.14. The number of halogens is 3. The Labute approximate surface area is 187 Å². The van der Waals surface area contributed by atoms with Crippen LogP contribution >= 0.6 is 0 Å². The van der Waals surface area contributed by atoms with Crippen LogP contribution in [0.3, 0.4) is 0 Å². The molecule has 33 heavy (non-hydrogen) atoms. The number of nitrogens with one attached hydrogen (secondary N) is 3. The van der Waals surface area contributed by atoms with Crippen molar-refractivity contribution >= 4 is 11.9 Å². The summed E-state index contributed by atoms with van der Waals surface area (Å²) >= 11 is 0. The second-order valence-corrected chi connectivity index (χ2v) is 7.28. The van der Waals surface area contributed by atoms with E-state index in [1.54, 1.807) is 12.3 Å². The number of aromatic nitrogens is 1. The lowest BCUT2D eigenvalue weighted by atomic mass is 9.99. The van der Waals surface area contributed by atoms with Gasteiger partial charge >= 0.3 is 6.18 Å². The summed E-state index contributed by atoms with van der Waals surface area (Å²) in [6.45, 7) is 0.526. The van der Waals surface area contributed by atoms with Gasteiger partial charge in [-0.2, -0.15) is 18.4 Å². The molecule has 3 N–H and O–H groups in total. The number of H-pyrrole nitrogens is 1. The molecule has 1 aliphatic rings. The molecule has 0 saturated heterocycles. The van der Waals surface area contributed by atoms with Gasteiger partial charge < -0.3 is 10.3 Å². The Morgan fingerprint density at radius 3 is 2.61 bits per heavy atom. The van der Waals surface area contributed by atoms with Gasteiger partial charge in [0.2, 0.25) is 0 Å². The van der Waals surface area contributed by atoms with E-state index in [4.69, 9.17) is 0 Å². The van der Waals surface area contributed by atoms with E-state index in [1.165, 1.54) is 18.2 Å². The molecule has 0 amide bonds. The Morgan fingerprint density at radius 2 is 1.88 bits per heavy atom. The smallest absolute Gasteiger partial charge is 0.351 e. The molecule has 3 aromatic rings. The van der Waals surface area contributed by atoms with Crippen LogP contribution in [0.5, 0.6) is 0 Å². The molecule has 1 aliphatic heterocycles. The maximum absolute atomic E-state index is 13.2. The Hall–Kier alpha value is -4.16. The van der Waals surface area contributed by atoms with Crippen LogP contribution in [-0.2, 0) is 12.7 Å². The Kier molecular flexibility index (Phi) is 6.11. The monoisotopic (exact) mass is 449 g/mol. The molecule has 0 aliphatic carbocycles. The van der Waals surface area contributed by atoms with Gasteiger partial charge in [0.25, 0.3) is 5.56 Å². The largest absolute Gasteiger partial charge is 0.416 e. The number of aliphatic imine (C=N–C) groups is 1. The van der Waals surface area contributed by atoms with E-state index in [9.17, 15) is 23.2 Å². The van der Waals surface area contributed by atoms with Gasteiger partial charge in [0.15, 0.2) is 6.29 Å². The highest BCUT2D eigenvalue weighted by Gasteiger charge is 2.31. The molecule has 2 aromatic carbocycles. The van der Waals surface area contributed by atoms with Crippen LogP contribution in [0.15, 0.2) is 76.5 Å². The number of benzene rings is 2. The van der Waals surface area contributed by atoms with Gasteiger partial charge in [0.05, 0.1) is 11.3 Å². The SMILES string of the molecule is N#Cc1cc(C2=CC=NC(NCc3ccccc3)N2)c(-c2cccc(C(F)(F)F)c2)[nH]c1=O. The van der Waals surface area contributed by atoms with E-state index in [0.717, 1.165) is 17.7 Å². The highest BCUT2D eigenvalue weighted by Crippen LogP contribution is 2.33. The molecular weight excluding hydrogens is 431 g/mol. The Bertz CT molecular complexity index is 1320. The predicted molar refractivity (Wildman–Crippen MR) is 119 cm³/mol. The molecule has 1 atom stereocenters. The van der Waals surface area contributed by atoms with Gasteiger partial charge in [0, 0.05) is 24.0 Å². The van der Waals surface area contributed by atoms with Crippen LogP contribution in [0.2, 0.25) is 0 Å². The molecule has 4 rings (SSSR count). The van der Waals surface area contributed by atoms with Gasteiger partial charge in [-0.1, -0.05) is 42.5 Å². The van der Waals surface area contributed by atoms with Crippen LogP contribution in [0.25, 0.3) is 17.0 Å². The summed E-state index contributed by atoms with van der Waals surface area (Å²) in [5, 5.41) is 15.7. The number of pyridine rings is 1. The summed E-state index contributed by atoms with van der Waals surface area (Å²) < 4.78 is 39.7. The maximum Gasteiger partial charge on any atom is 0.416 e. The molecule has 0 saturated carbocycles. The fraction of sp³-hybridized carbons (Fsp3) is 0.125. The zero-order chi connectivity index (χ0) is 23.4. The van der Waals surface area contributed by atoms with Crippen LogP contribution in [0.1, 0.15) is 22.3 Å².